The summed E-state index contributed by atoms with van der Waals surface area (Å²) in [5, 5.41) is 16.3. The first-order valence-electron chi connectivity index (χ1n) is 5.45. The molecule has 19 heavy (non-hydrogen) atoms. The van der Waals surface area contributed by atoms with Crippen molar-refractivity contribution < 1.29 is 13.5 Å². The van der Waals surface area contributed by atoms with E-state index in [9.17, 15) is 4.39 Å². The summed E-state index contributed by atoms with van der Waals surface area (Å²) < 4.78 is 24.1. The first kappa shape index (κ1) is 13.4. The molecule has 0 aliphatic carbocycles. The number of aromatic nitrogens is 2. The van der Waals surface area contributed by atoms with Crippen molar-refractivity contribution in [3.8, 4) is 11.8 Å². The van der Waals surface area contributed by atoms with Crippen LogP contribution in [0.5, 0.6) is 5.75 Å². The molecule has 1 aromatic heterocycles. The summed E-state index contributed by atoms with van der Waals surface area (Å²) in [5.41, 5.74) is 0. The molecule has 1 atom stereocenters. The molecule has 0 radical (unpaired) electrons. The molecule has 0 spiro atoms. The Morgan fingerprint density at radius 2 is 2.26 bits per heavy atom. The molecule has 1 unspecified atom stereocenters. The predicted molar refractivity (Wildman–Crippen MR) is 66.1 cm³/mol. The minimum atomic E-state index is -0.569. The Hall–Kier alpha value is -2.07. The van der Waals surface area contributed by atoms with Gasteiger partial charge in [-0.3, -0.25) is 0 Å². The van der Waals surface area contributed by atoms with Gasteiger partial charge in [0.2, 0.25) is 0 Å². The van der Waals surface area contributed by atoms with Crippen LogP contribution in [0.15, 0.2) is 33.9 Å². The molecule has 0 saturated carbocycles. The van der Waals surface area contributed by atoms with Gasteiger partial charge in [-0.05, 0) is 19.1 Å². The van der Waals surface area contributed by atoms with E-state index in [2.05, 4.69) is 10.2 Å². The number of nitriles is 1. The number of hydrogen-bond donors (Lipinski definition) is 0. The van der Waals surface area contributed by atoms with E-state index in [0.29, 0.717) is 5.22 Å². The summed E-state index contributed by atoms with van der Waals surface area (Å²) >= 11 is 1.14. The summed E-state index contributed by atoms with van der Waals surface area (Å²) in [5.74, 6) is 0.139. The van der Waals surface area contributed by atoms with Crippen LogP contribution < -0.4 is 4.74 Å². The third kappa shape index (κ3) is 3.45. The maximum absolute atomic E-state index is 13.4. The van der Waals surface area contributed by atoms with E-state index < -0.39 is 11.9 Å². The van der Waals surface area contributed by atoms with E-state index in [0.717, 1.165) is 11.8 Å². The second-order valence-electron chi connectivity index (χ2n) is 3.54. The Balaban J connectivity index is 2.04. The number of nitrogens with zero attached hydrogens (tertiary/aromatic N) is 3. The fourth-order valence-corrected chi connectivity index (χ4v) is 1.75. The highest BCUT2D eigenvalue weighted by Gasteiger charge is 2.17. The van der Waals surface area contributed by atoms with Gasteiger partial charge in [0.15, 0.2) is 17.7 Å². The zero-order valence-electron chi connectivity index (χ0n) is 10.0. The van der Waals surface area contributed by atoms with E-state index in [1.165, 1.54) is 12.1 Å². The van der Waals surface area contributed by atoms with Gasteiger partial charge in [0.05, 0.1) is 11.8 Å². The standard InChI is InChI=1S/C12H10FN3O2S/c1-8(17-10-5-3-2-4-9(10)13)11-15-16-12(18-11)19-7-6-14/h2-5,8H,7H2,1H3. The van der Waals surface area contributed by atoms with E-state index in [-0.39, 0.29) is 17.4 Å². The highest BCUT2D eigenvalue weighted by molar-refractivity contribution is 7.99. The van der Waals surface area contributed by atoms with Gasteiger partial charge in [-0.25, -0.2) is 4.39 Å². The highest BCUT2D eigenvalue weighted by Crippen LogP contribution is 2.25. The Bertz CT molecular complexity index is 597. The van der Waals surface area contributed by atoms with Crippen molar-refractivity contribution in [2.24, 2.45) is 0 Å². The monoisotopic (exact) mass is 279 g/mol. The lowest BCUT2D eigenvalue weighted by Crippen LogP contribution is -2.04. The fraction of sp³-hybridized carbons (Fsp3) is 0.250. The van der Waals surface area contributed by atoms with E-state index in [4.69, 9.17) is 14.4 Å². The third-order valence-electron chi connectivity index (χ3n) is 2.17. The summed E-state index contributed by atoms with van der Waals surface area (Å²) in [6, 6.07) is 8.04. The van der Waals surface area contributed by atoms with Crippen molar-refractivity contribution >= 4 is 11.8 Å². The van der Waals surface area contributed by atoms with Crippen LogP contribution in [0, 0.1) is 17.1 Å². The van der Waals surface area contributed by atoms with Crippen LogP contribution in [-0.2, 0) is 0 Å². The molecule has 7 heteroatoms. The molecule has 0 amide bonds. The molecule has 5 nitrogen and oxygen atoms in total. The van der Waals surface area contributed by atoms with Gasteiger partial charge in [-0.2, -0.15) is 5.26 Å². The van der Waals surface area contributed by atoms with Crippen molar-refractivity contribution in [1.29, 1.82) is 5.26 Å². The number of rotatable bonds is 5. The highest BCUT2D eigenvalue weighted by atomic mass is 32.2. The Morgan fingerprint density at radius 3 is 3.00 bits per heavy atom. The first-order chi connectivity index (χ1) is 9.20. The molecular formula is C12H10FN3O2S. The smallest absolute Gasteiger partial charge is 0.277 e. The van der Waals surface area contributed by atoms with Crippen molar-refractivity contribution in [2.75, 3.05) is 5.75 Å². The Labute approximate surface area is 113 Å². The second kappa shape index (κ2) is 6.20. The average molecular weight is 279 g/mol. The fourth-order valence-electron chi connectivity index (χ4n) is 1.32. The molecule has 0 fully saturated rings. The molecule has 98 valence electrons. The number of halogens is 1. The second-order valence-corrected chi connectivity index (χ2v) is 4.47. The maximum atomic E-state index is 13.4. The molecule has 0 aliphatic rings. The minimum absolute atomic E-state index is 0.124. The van der Waals surface area contributed by atoms with Crippen molar-refractivity contribution in [3.63, 3.8) is 0 Å². The van der Waals surface area contributed by atoms with Gasteiger partial charge in [-0.15, -0.1) is 10.2 Å². The lowest BCUT2D eigenvalue weighted by molar-refractivity contribution is 0.174. The summed E-state index contributed by atoms with van der Waals surface area (Å²) in [7, 11) is 0. The van der Waals surface area contributed by atoms with Crippen LogP contribution in [0.4, 0.5) is 4.39 Å². The molecule has 2 aromatic rings. The van der Waals surface area contributed by atoms with Crippen LogP contribution in [0.1, 0.15) is 18.9 Å². The molecule has 1 aromatic carbocycles. The largest absolute Gasteiger partial charge is 0.478 e. The molecule has 0 saturated heterocycles. The molecule has 0 bridgehead atoms. The van der Waals surface area contributed by atoms with Gasteiger partial charge < -0.3 is 9.15 Å². The van der Waals surface area contributed by atoms with Crippen molar-refractivity contribution in [1.82, 2.24) is 10.2 Å². The van der Waals surface area contributed by atoms with Crippen LogP contribution in [0.3, 0.4) is 0 Å². The molecular weight excluding hydrogens is 269 g/mol. The summed E-state index contributed by atoms with van der Waals surface area (Å²) in [4.78, 5) is 0. The van der Waals surface area contributed by atoms with Crippen LogP contribution in [0.25, 0.3) is 0 Å². The van der Waals surface area contributed by atoms with Crippen molar-refractivity contribution in [3.05, 3.63) is 36.0 Å². The summed E-state index contributed by atoms with van der Waals surface area (Å²) in [6.07, 6.45) is -0.569. The number of para-hydroxylation sites is 1. The van der Waals surface area contributed by atoms with Gasteiger partial charge >= 0.3 is 0 Å². The van der Waals surface area contributed by atoms with E-state index >= 15 is 0 Å². The Kier molecular flexibility index (Phi) is 4.36. The lowest BCUT2D eigenvalue weighted by atomic mass is 10.3. The SMILES string of the molecule is CC(Oc1ccccc1F)c1nnc(SCC#N)o1. The molecule has 2 rings (SSSR count). The van der Waals surface area contributed by atoms with Crippen molar-refractivity contribution in [2.45, 2.75) is 18.3 Å². The van der Waals surface area contributed by atoms with Gasteiger partial charge in [0.25, 0.3) is 11.1 Å². The van der Waals surface area contributed by atoms with Gasteiger partial charge in [0, 0.05) is 0 Å². The third-order valence-corrected chi connectivity index (χ3v) is 2.86. The normalized spacial score (nSPS) is 11.8. The predicted octanol–water partition coefficient (Wildman–Crippen LogP) is 2.96. The molecule has 0 N–H and O–H groups in total. The van der Waals surface area contributed by atoms with E-state index in [1.807, 2.05) is 6.07 Å². The maximum Gasteiger partial charge on any atom is 0.277 e. The average Bonchev–Trinajstić information content (AvgIpc) is 2.88. The molecule has 1 heterocycles. The van der Waals surface area contributed by atoms with Gasteiger partial charge in [-0.1, -0.05) is 23.9 Å². The topological polar surface area (TPSA) is 71.9 Å². The Morgan fingerprint density at radius 1 is 1.47 bits per heavy atom. The number of thioether (sulfide) groups is 1. The zero-order valence-corrected chi connectivity index (χ0v) is 10.9. The zero-order chi connectivity index (χ0) is 13.7. The van der Waals surface area contributed by atoms with Gasteiger partial charge in [0.1, 0.15) is 0 Å². The number of ether oxygens (including phenoxy) is 1. The summed E-state index contributed by atoms with van der Waals surface area (Å²) in [6.45, 7) is 1.68. The molecule has 0 aliphatic heterocycles. The minimum Gasteiger partial charge on any atom is -0.478 e. The van der Waals surface area contributed by atoms with Crippen LogP contribution in [0.2, 0.25) is 0 Å². The van der Waals surface area contributed by atoms with E-state index in [1.54, 1.807) is 19.1 Å². The quantitative estimate of drug-likeness (QED) is 0.783. The van der Waals surface area contributed by atoms with Crippen LogP contribution >= 0.6 is 11.8 Å². The lowest BCUT2D eigenvalue weighted by Gasteiger charge is -2.11. The number of benzene rings is 1. The number of hydrogen-bond acceptors (Lipinski definition) is 6. The van der Waals surface area contributed by atoms with Crippen LogP contribution in [-0.4, -0.2) is 16.0 Å². The first-order valence-corrected chi connectivity index (χ1v) is 6.43.